The topological polar surface area (TPSA) is 73.3 Å². The van der Waals surface area contributed by atoms with Gasteiger partial charge in [-0.3, -0.25) is 9.78 Å². The summed E-state index contributed by atoms with van der Waals surface area (Å²) in [6.45, 7) is 0. The van der Waals surface area contributed by atoms with E-state index in [0.29, 0.717) is 28.4 Å². The zero-order valence-electron chi connectivity index (χ0n) is 16.0. The van der Waals surface area contributed by atoms with Gasteiger partial charge in [0.2, 0.25) is 0 Å². The molecule has 6 nitrogen and oxygen atoms in total. The fourth-order valence-electron chi connectivity index (χ4n) is 3.14. The van der Waals surface area contributed by atoms with E-state index in [1.54, 1.807) is 44.8 Å². The number of para-hydroxylation sites is 1. The van der Waals surface area contributed by atoms with Crippen LogP contribution in [0.25, 0.3) is 22.2 Å². The first kappa shape index (κ1) is 18.4. The van der Waals surface area contributed by atoms with Crippen molar-refractivity contribution in [2.24, 2.45) is 0 Å². The summed E-state index contributed by atoms with van der Waals surface area (Å²) < 4.78 is 10.7. The fraction of sp³-hybridized carbons (Fsp3) is 0.0870. The van der Waals surface area contributed by atoms with Gasteiger partial charge >= 0.3 is 0 Å². The molecule has 2 aromatic heterocycles. The second-order valence-corrected chi connectivity index (χ2v) is 6.33. The van der Waals surface area contributed by atoms with E-state index in [0.717, 1.165) is 16.5 Å². The number of nitrogens with one attached hydrogen (secondary N) is 1. The number of benzene rings is 2. The normalized spacial score (nSPS) is 10.6. The van der Waals surface area contributed by atoms with Crippen LogP contribution in [0.15, 0.2) is 73.1 Å². The number of methoxy groups -OCH3 is 2. The highest BCUT2D eigenvalue weighted by Gasteiger charge is 2.15. The Bertz CT molecular complexity index is 1180. The second kappa shape index (κ2) is 7.98. The molecule has 2 heterocycles. The van der Waals surface area contributed by atoms with Gasteiger partial charge in [-0.25, -0.2) is 4.98 Å². The number of pyridine rings is 2. The number of carbonyl (C=O) groups is 1. The summed E-state index contributed by atoms with van der Waals surface area (Å²) in [6.07, 6.45) is 3.27. The van der Waals surface area contributed by atoms with Crippen LogP contribution >= 0.6 is 0 Å². The van der Waals surface area contributed by atoms with E-state index in [4.69, 9.17) is 14.5 Å². The smallest absolute Gasteiger partial charge is 0.256 e. The predicted octanol–water partition coefficient (Wildman–Crippen LogP) is 4.57. The minimum Gasteiger partial charge on any atom is -0.493 e. The van der Waals surface area contributed by atoms with Crippen LogP contribution in [0.1, 0.15) is 10.4 Å². The van der Waals surface area contributed by atoms with Gasteiger partial charge < -0.3 is 14.8 Å². The SMILES string of the molecule is COc1ccc(-c2cc(C(=O)Nc3ccncc3)c3ccccc3n2)cc1OC. The Kier molecular flexibility index (Phi) is 5.07. The van der Waals surface area contributed by atoms with Gasteiger partial charge in [0, 0.05) is 29.0 Å². The van der Waals surface area contributed by atoms with Crippen LogP contribution in [0, 0.1) is 0 Å². The lowest BCUT2D eigenvalue weighted by atomic mass is 10.0. The number of hydrogen-bond donors (Lipinski definition) is 1. The van der Waals surface area contributed by atoms with Crippen molar-refractivity contribution in [2.45, 2.75) is 0 Å². The van der Waals surface area contributed by atoms with Gasteiger partial charge in [-0.15, -0.1) is 0 Å². The summed E-state index contributed by atoms with van der Waals surface area (Å²) in [4.78, 5) is 21.7. The van der Waals surface area contributed by atoms with E-state index in [9.17, 15) is 4.79 Å². The first-order valence-electron chi connectivity index (χ1n) is 9.03. The molecule has 0 saturated carbocycles. The van der Waals surface area contributed by atoms with Gasteiger partial charge in [-0.05, 0) is 42.5 Å². The van der Waals surface area contributed by atoms with Gasteiger partial charge in [-0.2, -0.15) is 0 Å². The Labute approximate surface area is 168 Å². The minimum absolute atomic E-state index is 0.212. The molecule has 2 aromatic carbocycles. The van der Waals surface area contributed by atoms with Gasteiger partial charge in [-0.1, -0.05) is 18.2 Å². The summed E-state index contributed by atoms with van der Waals surface area (Å²) >= 11 is 0. The quantitative estimate of drug-likeness (QED) is 0.545. The average Bonchev–Trinajstić information content (AvgIpc) is 2.78. The van der Waals surface area contributed by atoms with E-state index in [1.807, 2.05) is 42.5 Å². The zero-order chi connectivity index (χ0) is 20.2. The number of ether oxygens (including phenoxy) is 2. The average molecular weight is 385 g/mol. The molecule has 0 aliphatic carbocycles. The van der Waals surface area contributed by atoms with E-state index in [1.165, 1.54) is 0 Å². The first-order valence-corrected chi connectivity index (χ1v) is 9.03. The Morgan fingerprint density at radius 3 is 2.41 bits per heavy atom. The van der Waals surface area contributed by atoms with Crippen molar-refractivity contribution in [3.63, 3.8) is 0 Å². The highest BCUT2D eigenvalue weighted by molar-refractivity contribution is 6.13. The van der Waals surface area contributed by atoms with Crippen molar-refractivity contribution in [3.8, 4) is 22.8 Å². The summed E-state index contributed by atoms with van der Waals surface area (Å²) in [5.74, 6) is 1.02. The molecule has 4 aromatic rings. The number of fused-ring (bicyclic) bond motifs is 1. The molecule has 6 heteroatoms. The van der Waals surface area contributed by atoms with Crippen molar-refractivity contribution < 1.29 is 14.3 Å². The van der Waals surface area contributed by atoms with Gasteiger partial charge in [0.05, 0.1) is 31.0 Å². The summed E-state index contributed by atoms with van der Waals surface area (Å²) in [5, 5.41) is 3.70. The lowest BCUT2D eigenvalue weighted by molar-refractivity contribution is 0.102. The number of rotatable bonds is 5. The predicted molar refractivity (Wildman–Crippen MR) is 112 cm³/mol. The molecule has 0 unspecified atom stereocenters. The number of amides is 1. The molecule has 0 radical (unpaired) electrons. The maximum atomic E-state index is 13.0. The number of nitrogens with zero attached hydrogens (tertiary/aromatic N) is 2. The molecule has 1 amide bonds. The third-order valence-electron chi connectivity index (χ3n) is 4.58. The van der Waals surface area contributed by atoms with Crippen LogP contribution in [0.4, 0.5) is 5.69 Å². The molecular weight excluding hydrogens is 366 g/mol. The van der Waals surface area contributed by atoms with E-state index < -0.39 is 0 Å². The zero-order valence-corrected chi connectivity index (χ0v) is 16.0. The molecule has 4 rings (SSSR count). The van der Waals surface area contributed by atoms with Gasteiger partial charge in [0.1, 0.15) is 0 Å². The molecule has 0 bridgehead atoms. The van der Waals surface area contributed by atoms with Gasteiger partial charge in [0.25, 0.3) is 5.91 Å². The lowest BCUT2D eigenvalue weighted by Crippen LogP contribution is -2.13. The van der Waals surface area contributed by atoms with Crippen LogP contribution in [-0.2, 0) is 0 Å². The van der Waals surface area contributed by atoms with Crippen LogP contribution < -0.4 is 14.8 Å². The van der Waals surface area contributed by atoms with E-state index >= 15 is 0 Å². The summed E-state index contributed by atoms with van der Waals surface area (Å²) in [5.41, 5.74) is 3.45. The lowest BCUT2D eigenvalue weighted by Gasteiger charge is -2.12. The van der Waals surface area contributed by atoms with Crippen LogP contribution in [0.5, 0.6) is 11.5 Å². The maximum absolute atomic E-state index is 13.0. The Morgan fingerprint density at radius 1 is 0.897 bits per heavy atom. The molecule has 1 N–H and O–H groups in total. The Balaban J connectivity index is 1.82. The molecule has 144 valence electrons. The minimum atomic E-state index is -0.212. The number of anilines is 1. The van der Waals surface area contributed by atoms with Crippen LogP contribution in [-0.4, -0.2) is 30.1 Å². The molecule has 29 heavy (non-hydrogen) atoms. The first-order chi connectivity index (χ1) is 14.2. The third-order valence-corrected chi connectivity index (χ3v) is 4.58. The van der Waals surface area contributed by atoms with E-state index in [2.05, 4.69) is 10.3 Å². The summed E-state index contributed by atoms with van der Waals surface area (Å²) in [7, 11) is 3.18. The molecule has 0 saturated heterocycles. The van der Waals surface area contributed by atoms with Crippen molar-refractivity contribution in [1.29, 1.82) is 0 Å². The molecule has 0 aliphatic rings. The molecular formula is C23H19N3O3. The highest BCUT2D eigenvalue weighted by atomic mass is 16.5. The maximum Gasteiger partial charge on any atom is 0.256 e. The van der Waals surface area contributed by atoms with Crippen LogP contribution in [0.3, 0.4) is 0 Å². The third kappa shape index (κ3) is 3.73. The van der Waals surface area contributed by atoms with Gasteiger partial charge in [0.15, 0.2) is 11.5 Å². The largest absolute Gasteiger partial charge is 0.493 e. The van der Waals surface area contributed by atoms with Crippen molar-refractivity contribution in [1.82, 2.24) is 9.97 Å². The molecule has 0 spiro atoms. The standard InChI is InChI=1S/C23H19N3O3/c1-28-21-8-7-15(13-22(21)29-2)20-14-18(17-5-3-4-6-19(17)26-20)23(27)25-16-9-11-24-12-10-16/h3-14H,1-2H3,(H,24,25,27). The second-order valence-electron chi connectivity index (χ2n) is 6.33. The van der Waals surface area contributed by atoms with E-state index in [-0.39, 0.29) is 5.91 Å². The number of aromatic nitrogens is 2. The van der Waals surface area contributed by atoms with Crippen molar-refractivity contribution in [2.75, 3.05) is 19.5 Å². The molecule has 0 atom stereocenters. The van der Waals surface area contributed by atoms with Crippen molar-refractivity contribution >= 4 is 22.5 Å². The monoisotopic (exact) mass is 385 g/mol. The molecule has 0 fully saturated rings. The Morgan fingerprint density at radius 2 is 1.66 bits per heavy atom. The van der Waals surface area contributed by atoms with Crippen molar-refractivity contribution in [3.05, 3.63) is 78.6 Å². The number of hydrogen-bond acceptors (Lipinski definition) is 5. The summed E-state index contributed by atoms with van der Waals surface area (Å²) in [6, 6.07) is 18.4. The molecule has 0 aliphatic heterocycles. The Hall–Kier alpha value is -3.93. The number of carbonyl (C=O) groups excluding carboxylic acids is 1. The van der Waals surface area contributed by atoms with Crippen LogP contribution in [0.2, 0.25) is 0 Å². The highest BCUT2D eigenvalue weighted by Crippen LogP contribution is 2.33. The fourth-order valence-corrected chi connectivity index (χ4v) is 3.14.